The molecule has 45 heavy (non-hydrogen) atoms. The summed E-state index contributed by atoms with van der Waals surface area (Å²) in [7, 11) is 0. The van der Waals surface area contributed by atoms with E-state index in [2.05, 4.69) is 99.6 Å². The highest BCUT2D eigenvalue weighted by molar-refractivity contribution is 6.01. The lowest BCUT2D eigenvalue weighted by Gasteiger charge is -2.33. The number of hydrogen-bond donors (Lipinski definition) is 0. The monoisotopic (exact) mass is 616 g/mol. The molecular formula is C42H64O3. The second-order valence-corrected chi connectivity index (χ2v) is 15.4. The molecule has 3 unspecified atom stereocenters. The van der Waals surface area contributed by atoms with E-state index in [-0.39, 0.29) is 46.9 Å². The Morgan fingerprint density at radius 3 is 2.04 bits per heavy atom. The maximum atomic E-state index is 13.8. The number of ketones is 3. The Labute approximate surface area is 276 Å². The van der Waals surface area contributed by atoms with E-state index in [1.54, 1.807) is 0 Å². The van der Waals surface area contributed by atoms with Crippen LogP contribution in [0.4, 0.5) is 0 Å². The lowest BCUT2D eigenvalue weighted by atomic mass is 9.70. The number of hydrogen-bond acceptors (Lipinski definition) is 3. The van der Waals surface area contributed by atoms with Crippen molar-refractivity contribution >= 4 is 17.3 Å². The standard InChI is InChI=1S/C39H56O3.C3H8/c1-10-12-32(33(11-2)36(41)19-26(5)40)20-30-21-35-34(25(3)4)23-31(27(6)38(35)37(42)22-30)18-17-28-13-15-29(16-14-28)24-39(7,8)9;1-3-2/h13-16,23,25,30,32-33H,10-12,17-22,24H2,1-9H3;3H2,1-2H3. The summed E-state index contributed by atoms with van der Waals surface area (Å²) < 4.78 is 0. The molecule has 0 saturated heterocycles. The zero-order valence-corrected chi connectivity index (χ0v) is 30.7. The van der Waals surface area contributed by atoms with Crippen molar-refractivity contribution in [1.82, 2.24) is 0 Å². The molecule has 0 amide bonds. The average Bonchev–Trinajstić information content (AvgIpc) is 2.93. The molecule has 0 N–H and O–H groups in total. The molecule has 0 radical (unpaired) electrons. The number of fused-ring (bicyclic) bond motifs is 1. The minimum atomic E-state index is -0.0958. The Morgan fingerprint density at radius 1 is 0.933 bits per heavy atom. The van der Waals surface area contributed by atoms with Crippen molar-refractivity contribution < 1.29 is 14.4 Å². The molecule has 0 bridgehead atoms. The lowest BCUT2D eigenvalue weighted by molar-refractivity contribution is -0.129. The van der Waals surface area contributed by atoms with E-state index < -0.39 is 0 Å². The predicted octanol–water partition coefficient (Wildman–Crippen LogP) is 11.0. The van der Waals surface area contributed by atoms with Crippen LogP contribution in [0.25, 0.3) is 0 Å². The van der Waals surface area contributed by atoms with Gasteiger partial charge in [0.2, 0.25) is 0 Å². The number of Topliss-reactive ketones (excluding diaryl/α,β-unsaturated/α-hetero) is 3. The van der Waals surface area contributed by atoms with Crippen molar-refractivity contribution in [3.8, 4) is 0 Å². The summed E-state index contributed by atoms with van der Waals surface area (Å²) in [5.74, 6) is 1.01. The van der Waals surface area contributed by atoms with Gasteiger partial charge in [0.25, 0.3) is 0 Å². The number of rotatable bonds is 14. The van der Waals surface area contributed by atoms with Gasteiger partial charge in [-0.1, -0.05) is 112 Å². The number of benzene rings is 2. The van der Waals surface area contributed by atoms with Gasteiger partial charge in [-0.05, 0) is 109 Å². The van der Waals surface area contributed by atoms with E-state index in [0.29, 0.717) is 12.3 Å². The molecular weight excluding hydrogens is 552 g/mol. The van der Waals surface area contributed by atoms with Crippen LogP contribution in [0.2, 0.25) is 0 Å². The van der Waals surface area contributed by atoms with Crippen LogP contribution in [-0.4, -0.2) is 17.3 Å². The van der Waals surface area contributed by atoms with Crippen LogP contribution >= 0.6 is 0 Å². The third-order valence-corrected chi connectivity index (χ3v) is 9.29. The van der Waals surface area contributed by atoms with Gasteiger partial charge in [-0.15, -0.1) is 0 Å². The van der Waals surface area contributed by atoms with Crippen molar-refractivity contribution in [2.45, 2.75) is 153 Å². The van der Waals surface area contributed by atoms with Crippen molar-refractivity contribution in [3.63, 3.8) is 0 Å². The Balaban J connectivity index is 0.00000226. The number of carbonyl (C=O) groups excluding carboxylic acids is 3. The van der Waals surface area contributed by atoms with E-state index in [1.165, 1.54) is 41.2 Å². The van der Waals surface area contributed by atoms with Gasteiger partial charge >= 0.3 is 0 Å². The molecule has 0 heterocycles. The van der Waals surface area contributed by atoms with E-state index in [9.17, 15) is 14.4 Å². The first-order valence-corrected chi connectivity index (χ1v) is 17.9. The van der Waals surface area contributed by atoms with Crippen molar-refractivity contribution in [2.24, 2.45) is 23.2 Å². The third kappa shape index (κ3) is 11.6. The van der Waals surface area contributed by atoms with Crippen LogP contribution in [0, 0.1) is 30.1 Å². The smallest absolute Gasteiger partial charge is 0.163 e. The first-order chi connectivity index (χ1) is 21.1. The van der Waals surface area contributed by atoms with Gasteiger partial charge < -0.3 is 0 Å². The molecule has 0 spiro atoms. The van der Waals surface area contributed by atoms with Crippen molar-refractivity contribution in [1.29, 1.82) is 0 Å². The first-order valence-electron chi connectivity index (χ1n) is 17.9. The van der Waals surface area contributed by atoms with Gasteiger partial charge in [0.05, 0.1) is 6.42 Å². The van der Waals surface area contributed by atoms with Crippen LogP contribution < -0.4 is 0 Å². The first kappa shape index (κ1) is 38.6. The Kier molecular flexibility index (Phi) is 15.4. The molecule has 3 heteroatoms. The minimum absolute atomic E-state index is 0.0334. The summed E-state index contributed by atoms with van der Waals surface area (Å²) in [4.78, 5) is 38.5. The molecule has 0 aliphatic heterocycles. The molecule has 0 fully saturated rings. The summed E-state index contributed by atoms with van der Waals surface area (Å²) in [6, 6.07) is 11.5. The van der Waals surface area contributed by atoms with Crippen LogP contribution in [-0.2, 0) is 35.3 Å². The van der Waals surface area contributed by atoms with E-state index in [1.807, 2.05) is 0 Å². The van der Waals surface area contributed by atoms with Gasteiger partial charge in [0.15, 0.2) is 5.78 Å². The molecule has 2 aromatic carbocycles. The lowest BCUT2D eigenvalue weighted by Crippen LogP contribution is -2.30. The molecule has 250 valence electrons. The van der Waals surface area contributed by atoms with Crippen LogP contribution in [0.5, 0.6) is 0 Å². The zero-order valence-electron chi connectivity index (χ0n) is 30.7. The van der Waals surface area contributed by atoms with Crippen LogP contribution in [0.15, 0.2) is 30.3 Å². The van der Waals surface area contributed by atoms with E-state index >= 15 is 0 Å². The predicted molar refractivity (Wildman–Crippen MR) is 191 cm³/mol. The van der Waals surface area contributed by atoms with E-state index in [4.69, 9.17) is 0 Å². The molecule has 3 rings (SSSR count). The summed E-state index contributed by atoms with van der Waals surface area (Å²) >= 11 is 0. The summed E-state index contributed by atoms with van der Waals surface area (Å²) in [5, 5.41) is 0. The largest absolute Gasteiger partial charge is 0.300 e. The zero-order chi connectivity index (χ0) is 33.9. The van der Waals surface area contributed by atoms with E-state index in [0.717, 1.165) is 62.5 Å². The molecule has 3 nitrogen and oxygen atoms in total. The topological polar surface area (TPSA) is 51.2 Å². The van der Waals surface area contributed by atoms with Gasteiger partial charge in [-0.3, -0.25) is 14.4 Å². The highest BCUT2D eigenvalue weighted by atomic mass is 16.1. The molecule has 0 saturated carbocycles. The molecule has 1 aliphatic rings. The molecule has 1 aliphatic carbocycles. The fourth-order valence-corrected chi connectivity index (χ4v) is 7.38. The van der Waals surface area contributed by atoms with Crippen molar-refractivity contribution in [2.75, 3.05) is 0 Å². The molecule has 3 atom stereocenters. The SMILES string of the molecule is CCC.CCCC(CC1CC(=O)c2c(C)c(CCc3ccc(CC(C)(C)C)cc3)cc(C(C)C)c2C1)C(CC)C(=O)CC(C)=O. The maximum absolute atomic E-state index is 13.8. The number of carbonyl (C=O) groups is 3. The van der Waals surface area contributed by atoms with Crippen LogP contribution in [0.3, 0.4) is 0 Å². The normalized spacial score (nSPS) is 16.1. The number of aryl methyl sites for hydroxylation is 2. The third-order valence-electron chi connectivity index (χ3n) is 9.29. The van der Waals surface area contributed by atoms with Crippen molar-refractivity contribution in [3.05, 3.63) is 69.3 Å². The average molecular weight is 617 g/mol. The highest BCUT2D eigenvalue weighted by Crippen LogP contribution is 2.40. The highest BCUT2D eigenvalue weighted by Gasteiger charge is 2.34. The summed E-state index contributed by atoms with van der Waals surface area (Å²) in [6.45, 7) is 23.4. The van der Waals surface area contributed by atoms with Gasteiger partial charge in [-0.25, -0.2) is 0 Å². The summed E-state index contributed by atoms with van der Waals surface area (Å²) in [5.41, 5.74) is 9.00. The summed E-state index contributed by atoms with van der Waals surface area (Å²) in [6.07, 6.45) is 9.33. The quantitative estimate of drug-likeness (QED) is 0.198. The fraction of sp³-hybridized carbons (Fsp3) is 0.643. The van der Waals surface area contributed by atoms with Gasteiger partial charge in [0, 0.05) is 17.9 Å². The fourth-order valence-electron chi connectivity index (χ4n) is 7.38. The Bertz CT molecular complexity index is 1260. The molecule has 2 aromatic rings. The second kappa shape index (κ2) is 18.0. The van der Waals surface area contributed by atoms with Gasteiger partial charge in [0.1, 0.15) is 11.6 Å². The second-order valence-electron chi connectivity index (χ2n) is 15.4. The Morgan fingerprint density at radius 2 is 1.53 bits per heavy atom. The maximum Gasteiger partial charge on any atom is 0.163 e. The Hall–Kier alpha value is -2.55. The molecule has 0 aromatic heterocycles. The van der Waals surface area contributed by atoms with Gasteiger partial charge in [-0.2, -0.15) is 0 Å². The minimum Gasteiger partial charge on any atom is -0.300 e. The van der Waals surface area contributed by atoms with Crippen LogP contribution in [0.1, 0.15) is 164 Å².